The Bertz CT molecular complexity index is 889. The predicted molar refractivity (Wildman–Crippen MR) is 94.6 cm³/mol. The summed E-state index contributed by atoms with van der Waals surface area (Å²) in [5, 5.41) is 0. The number of hydrogen-bond donors (Lipinski definition) is 0. The molecule has 1 aliphatic carbocycles. The summed E-state index contributed by atoms with van der Waals surface area (Å²) in [5.41, 5.74) is 10.2. The molecule has 0 radical (unpaired) electrons. The lowest BCUT2D eigenvalue weighted by molar-refractivity contribution is 0.858. The molecule has 0 saturated carbocycles. The summed E-state index contributed by atoms with van der Waals surface area (Å²) in [6, 6.07) is 8.68. The molecule has 3 heteroatoms. The molecule has 0 spiro atoms. The van der Waals surface area contributed by atoms with Crippen LogP contribution in [-0.4, -0.2) is 15.3 Å². The van der Waals surface area contributed by atoms with Gasteiger partial charge in [0.2, 0.25) is 0 Å². The zero-order valence-corrected chi connectivity index (χ0v) is 14.1. The highest BCUT2D eigenvalue weighted by molar-refractivity contribution is 6.19. The van der Waals surface area contributed by atoms with E-state index in [-0.39, 0.29) is 0 Å². The summed E-state index contributed by atoms with van der Waals surface area (Å²) >= 11 is 0. The quantitative estimate of drug-likeness (QED) is 0.765. The van der Waals surface area contributed by atoms with Crippen molar-refractivity contribution < 1.29 is 0 Å². The number of fused-ring (bicyclic) bond motifs is 2. The third-order valence-electron chi connectivity index (χ3n) is 4.96. The summed E-state index contributed by atoms with van der Waals surface area (Å²) in [7, 11) is 0. The van der Waals surface area contributed by atoms with Crippen LogP contribution in [0.15, 0.2) is 52.2 Å². The molecule has 0 amide bonds. The van der Waals surface area contributed by atoms with E-state index in [0.29, 0.717) is 6.54 Å². The summed E-state index contributed by atoms with van der Waals surface area (Å²) in [6.07, 6.45) is 2.94. The van der Waals surface area contributed by atoms with Crippen LogP contribution in [0.2, 0.25) is 0 Å². The lowest BCUT2D eigenvalue weighted by Crippen LogP contribution is -2.08. The van der Waals surface area contributed by atoms with E-state index < -0.39 is 0 Å². The molecule has 0 bridgehead atoms. The largest absolute Gasteiger partial charge is 0.302 e. The van der Waals surface area contributed by atoms with Crippen LogP contribution in [0, 0.1) is 13.8 Å². The summed E-state index contributed by atoms with van der Waals surface area (Å²) in [5.74, 6) is 1.04. The third kappa shape index (κ3) is 2.11. The van der Waals surface area contributed by atoms with Crippen LogP contribution in [0.3, 0.4) is 0 Å². The van der Waals surface area contributed by atoms with Gasteiger partial charge in [-0.05, 0) is 33.3 Å². The molecule has 0 atom stereocenters. The second-order valence-corrected chi connectivity index (χ2v) is 6.59. The van der Waals surface area contributed by atoms with Gasteiger partial charge in [0.1, 0.15) is 5.82 Å². The monoisotopic (exact) mass is 303 g/mol. The number of aryl methyl sites for hydroxylation is 2. The van der Waals surface area contributed by atoms with Gasteiger partial charge in [0.05, 0.1) is 12.3 Å². The predicted octanol–water partition coefficient (Wildman–Crippen LogP) is 4.45. The Morgan fingerprint density at radius 1 is 1.00 bits per heavy atom. The average Bonchev–Trinajstić information content (AvgIpc) is 2.97. The number of imidazole rings is 1. The standard InChI is InChI=1S/C20H21N3/c1-12-5-7-16(8-6-12)20-19-15(4)13(2)9-17(19)23-14(3)10-21-18(23)11-22-20/h5-8,10H,9,11H2,1-4H3. The maximum Gasteiger partial charge on any atom is 0.134 e. The van der Waals surface area contributed by atoms with Gasteiger partial charge < -0.3 is 4.57 Å². The first kappa shape index (κ1) is 14.2. The molecule has 1 aromatic heterocycles. The molecule has 2 aliphatic rings. The molecule has 0 fully saturated rings. The Hall–Kier alpha value is -2.42. The van der Waals surface area contributed by atoms with E-state index in [1.165, 1.54) is 39.2 Å². The van der Waals surface area contributed by atoms with Crippen molar-refractivity contribution in [2.45, 2.75) is 40.7 Å². The van der Waals surface area contributed by atoms with E-state index >= 15 is 0 Å². The van der Waals surface area contributed by atoms with Crippen molar-refractivity contribution in [1.29, 1.82) is 0 Å². The Kier molecular flexibility index (Phi) is 3.12. The number of rotatable bonds is 1. The van der Waals surface area contributed by atoms with Crippen LogP contribution in [0.25, 0.3) is 5.70 Å². The van der Waals surface area contributed by atoms with Crippen molar-refractivity contribution in [3.8, 4) is 0 Å². The molecule has 1 aromatic carbocycles. The van der Waals surface area contributed by atoms with Crippen LogP contribution in [0.4, 0.5) is 0 Å². The zero-order valence-electron chi connectivity index (χ0n) is 14.1. The van der Waals surface area contributed by atoms with E-state index in [9.17, 15) is 0 Å². The van der Waals surface area contributed by atoms with Crippen molar-refractivity contribution in [3.63, 3.8) is 0 Å². The van der Waals surface area contributed by atoms with Gasteiger partial charge in [-0.2, -0.15) is 0 Å². The summed E-state index contributed by atoms with van der Waals surface area (Å²) in [6.45, 7) is 9.33. The van der Waals surface area contributed by atoms with Gasteiger partial charge >= 0.3 is 0 Å². The Morgan fingerprint density at radius 2 is 1.74 bits per heavy atom. The number of hydrogen-bond acceptors (Lipinski definition) is 2. The van der Waals surface area contributed by atoms with Crippen LogP contribution >= 0.6 is 0 Å². The van der Waals surface area contributed by atoms with E-state index in [1.807, 2.05) is 6.20 Å². The molecule has 0 N–H and O–H groups in total. The molecular formula is C20H21N3. The third-order valence-corrected chi connectivity index (χ3v) is 4.96. The lowest BCUT2D eigenvalue weighted by Gasteiger charge is -2.13. The number of nitrogens with zero attached hydrogens (tertiary/aromatic N) is 3. The molecular weight excluding hydrogens is 282 g/mol. The number of aromatic nitrogens is 2. The molecule has 3 nitrogen and oxygen atoms in total. The van der Waals surface area contributed by atoms with E-state index in [1.54, 1.807) is 0 Å². The van der Waals surface area contributed by atoms with Gasteiger partial charge in [-0.1, -0.05) is 35.4 Å². The first-order valence-electron chi connectivity index (χ1n) is 8.11. The fraction of sp³-hybridized carbons (Fsp3) is 0.300. The zero-order chi connectivity index (χ0) is 16.1. The van der Waals surface area contributed by atoms with Crippen LogP contribution in [0.1, 0.15) is 42.9 Å². The molecule has 2 aromatic rings. The van der Waals surface area contributed by atoms with Gasteiger partial charge in [-0.15, -0.1) is 0 Å². The average molecular weight is 303 g/mol. The van der Waals surface area contributed by atoms with Crippen molar-refractivity contribution >= 4 is 11.4 Å². The van der Waals surface area contributed by atoms with Gasteiger partial charge in [0.15, 0.2) is 0 Å². The molecule has 0 unspecified atom stereocenters. The fourth-order valence-corrected chi connectivity index (χ4v) is 3.55. The fourth-order valence-electron chi connectivity index (χ4n) is 3.55. The normalized spacial score (nSPS) is 17.1. The molecule has 23 heavy (non-hydrogen) atoms. The Labute approximate surface area is 137 Å². The van der Waals surface area contributed by atoms with Crippen LogP contribution < -0.4 is 0 Å². The number of aliphatic imine (C=N–C) groups is 1. The van der Waals surface area contributed by atoms with E-state index in [0.717, 1.165) is 18.0 Å². The highest BCUT2D eigenvalue weighted by Gasteiger charge is 2.29. The first-order chi connectivity index (χ1) is 11.1. The summed E-state index contributed by atoms with van der Waals surface area (Å²) < 4.78 is 2.31. The SMILES string of the molecule is CC1=C(C)C2=C(C1)n1c(C)cnc1CN=C2c1ccc(C)cc1. The van der Waals surface area contributed by atoms with Gasteiger partial charge in [-0.25, -0.2) is 4.98 Å². The molecule has 0 saturated heterocycles. The highest BCUT2D eigenvalue weighted by atomic mass is 15.1. The van der Waals surface area contributed by atoms with Crippen LogP contribution in [0.5, 0.6) is 0 Å². The lowest BCUT2D eigenvalue weighted by atomic mass is 9.96. The van der Waals surface area contributed by atoms with Crippen molar-refractivity contribution in [1.82, 2.24) is 9.55 Å². The molecule has 4 rings (SSSR count). The second-order valence-electron chi connectivity index (χ2n) is 6.59. The Morgan fingerprint density at radius 3 is 2.48 bits per heavy atom. The summed E-state index contributed by atoms with van der Waals surface area (Å²) in [4.78, 5) is 9.52. The van der Waals surface area contributed by atoms with Crippen molar-refractivity contribution in [3.05, 3.63) is 69.8 Å². The highest BCUT2D eigenvalue weighted by Crippen LogP contribution is 2.39. The topological polar surface area (TPSA) is 30.2 Å². The van der Waals surface area contributed by atoms with E-state index in [4.69, 9.17) is 4.99 Å². The van der Waals surface area contributed by atoms with Gasteiger partial charge in [0.25, 0.3) is 0 Å². The Balaban J connectivity index is 1.96. The maximum atomic E-state index is 4.95. The van der Waals surface area contributed by atoms with Crippen LogP contribution in [-0.2, 0) is 6.54 Å². The van der Waals surface area contributed by atoms with Crippen molar-refractivity contribution in [2.24, 2.45) is 4.99 Å². The minimum atomic E-state index is 0.635. The molecule has 2 heterocycles. The number of benzene rings is 1. The number of allylic oxidation sites excluding steroid dienone is 4. The second kappa shape index (κ2) is 5.05. The van der Waals surface area contributed by atoms with Gasteiger partial charge in [0, 0.05) is 35.1 Å². The smallest absolute Gasteiger partial charge is 0.134 e. The molecule has 1 aliphatic heterocycles. The molecule has 116 valence electrons. The van der Waals surface area contributed by atoms with Gasteiger partial charge in [-0.3, -0.25) is 4.99 Å². The van der Waals surface area contributed by atoms with Crippen molar-refractivity contribution in [2.75, 3.05) is 0 Å². The maximum absolute atomic E-state index is 4.95. The van der Waals surface area contributed by atoms with E-state index in [2.05, 4.69) is 61.5 Å². The first-order valence-corrected chi connectivity index (χ1v) is 8.11. The minimum absolute atomic E-state index is 0.635. The minimum Gasteiger partial charge on any atom is -0.302 e.